The maximum Gasteiger partial charge on any atom is 0.326 e. The maximum atomic E-state index is 13.1. The molecule has 0 saturated carbocycles. The van der Waals surface area contributed by atoms with Crippen molar-refractivity contribution < 1.29 is 34.2 Å². The first kappa shape index (κ1) is 32.3. The van der Waals surface area contributed by atoms with Crippen LogP contribution in [0.1, 0.15) is 51.5 Å². The third-order valence-electron chi connectivity index (χ3n) is 5.86. The Kier molecular flexibility index (Phi) is 13.8. The fraction of sp³-hybridized carbons (Fsp3) is 0.560. The van der Waals surface area contributed by atoms with Gasteiger partial charge in [-0.3, -0.25) is 19.2 Å². The summed E-state index contributed by atoms with van der Waals surface area (Å²) in [6.07, 6.45) is 1.28. The number of unbranched alkanes of at least 4 members (excludes halogenated alkanes) is 1. The van der Waals surface area contributed by atoms with E-state index >= 15 is 0 Å². The van der Waals surface area contributed by atoms with Crippen LogP contribution in [0, 0.1) is 5.92 Å². The Morgan fingerprint density at radius 3 is 2.00 bits per heavy atom. The van der Waals surface area contributed by atoms with Crippen molar-refractivity contribution in [2.75, 3.05) is 6.54 Å². The van der Waals surface area contributed by atoms with E-state index in [1.54, 1.807) is 13.8 Å². The number of nitrogens with one attached hydrogen (secondary N) is 3. The van der Waals surface area contributed by atoms with Crippen LogP contribution in [0.15, 0.2) is 24.3 Å². The molecule has 0 saturated heterocycles. The Morgan fingerprint density at radius 2 is 1.47 bits per heavy atom. The van der Waals surface area contributed by atoms with Crippen LogP contribution in [-0.4, -0.2) is 70.5 Å². The van der Waals surface area contributed by atoms with Gasteiger partial charge in [-0.1, -0.05) is 32.4 Å². The van der Waals surface area contributed by atoms with E-state index in [0.29, 0.717) is 31.4 Å². The number of carboxylic acid groups (broad SMARTS) is 1. The van der Waals surface area contributed by atoms with Gasteiger partial charge < -0.3 is 43.4 Å². The summed E-state index contributed by atoms with van der Waals surface area (Å²) in [6.45, 7) is 3.77. The lowest BCUT2D eigenvalue weighted by Gasteiger charge is -2.27. The molecule has 13 heteroatoms. The van der Waals surface area contributed by atoms with Gasteiger partial charge in [0.1, 0.15) is 23.9 Å². The molecule has 0 spiro atoms. The number of carbonyl (C=O) groups excluding carboxylic acids is 4. The molecular weight excluding hydrogens is 496 g/mol. The SMILES string of the molecule is CC(C)C(NC(=O)C(CCC(N)=O)NC(=O)C(N)CCCCN)C(=O)NC(Cc1ccc(O)cc1)C(=O)O. The monoisotopic (exact) mass is 536 g/mol. The van der Waals surface area contributed by atoms with Crippen molar-refractivity contribution in [3.63, 3.8) is 0 Å². The van der Waals surface area contributed by atoms with Gasteiger partial charge >= 0.3 is 5.97 Å². The van der Waals surface area contributed by atoms with Gasteiger partial charge in [0, 0.05) is 12.8 Å². The second-order valence-corrected chi connectivity index (χ2v) is 9.46. The zero-order chi connectivity index (χ0) is 28.8. The van der Waals surface area contributed by atoms with Gasteiger partial charge in [-0.05, 0) is 49.4 Å². The number of phenols is 1. The lowest BCUT2D eigenvalue weighted by molar-refractivity contribution is -0.142. The standard InChI is InChI=1S/C25H40N6O7/c1-14(2)21(24(36)30-19(25(37)38)13-15-6-8-16(32)9-7-15)31-23(35)18(10-11-20(28)33)29-22(34)17(27)5-3-4-12-26/h6-9,14,17-19,21,32H,3-5,10-13,26-27H2,1-2H3,(H2,28,33)(H,29,34)(H,30,36)(H,31,35)(H,37,38). The average Bonchev–Trinajstić information content (AvgIpc) is 2.85. The molecule has 11 N–H and O–H groups in total. The highest BCUT2D eigenvalue weighted by Gasteiger charge is 2.32. The highest BCUT2D eigenvalue weighted by Crippen LogP contribution is 2.12. The molecule has 0 aliphatic carbocycles. The van der Waals surface area contributed by atoms with Crippen molar-refractivity contribution in [2.45, 2.75) is 76.5 Å². The largest absolute Gasteiger partial charge is 0.508 e. The fourth-order valence-corrected chi connectivity index (χ4v) is 3.59. The smallest absolute Gasteiger partial charge is 0.326 e. The molecule has 4 unspecified atom stereocenters. The number of hydrogen-bond donors (Lipinski definition) is 8. The first-order valence-corrected chi connectivity index (χ1v) is 12.5. The number of nitrogens with two attached hydrogens (primary N) is 3. The van der Waals surface area contributed by atoms with Crippen LogP contribution in [0.25, 0.3) is 0 Å². The first-order valence-electron chi connectivity index (χ1n) is 12.5. The van der Waals surface area contributed by atoms with E-state index in [1.807, 2.05) is 0 Å². The van der Waals surface area contributed by atoms with Crippen molar-refractivity contribution in [1.82, 2.24) is 16.0 Å². The van der Waals surface area contributed by atoms with Crippen LogP contribution >= 0.6 is 0 Å². The van der Waals surface area contributed by atoms with Gasteiger partial charge in [0.25, 0.3) is 0 Å². The van der Waals surface area contributed by atoms with Crippen LogP contribution in [0.5, 0.6) is 5.75 Å². The Labute approximate surface area is 221 Å². The zero-order valence-corrected chi connectivity index (χ0v) is 21.8. The normalized spacial score (nSPS) is 14.1. The van der Waals surface area contributed by atoms with E-state index in [9.17, 15) is 34.2 Å². The fourth-order valence-electron chi connectivity index (χ4n) is 3.59. The Hall–Kier alpha value is -3.71. The van der Waals surface area contributed by atoms with Gasteiger partial charge in [0.15, 0.2) is 0 Å². The van der Waals surface area contributed by atoms with Crippen molar-refractivity contribution in [1.29, 1.82) is 0 Å². The molecule has 1 rings (SSSR count). The highest BCUT2D eigenvalue weighted by molar-refractivity contribution is 5.94. The number of hydrogen-bond acceptors (Lipinski definition) is 8. The molecule has 4 atom stereocenters. The summed E-state index contributed by atoms with van der Waals surface area (Å²) in [4.78, 5) is 61.8. The van der Waals surface area contributed by atoms with Crippen molar-refractivity contribution >= 4 is 29.6 Å². The lowest BCUT2D eigenvalue weighted by Crippen LogP contribution is -2.58. The third kappa shape index (κ3) is 11.6. The molecule has 1 aromatic carbocycles. The summed E-state index contributed by atoms with van der Waals surface area (Å²) in [7, 11) is 0. The summed E-state index contributed by atoms with van der Waals surface area (Å²) in [5.74, 6) is -4.48. The maximum absolute atomic E-state index is 13.1. The first-order chi connectivity index (χ1) is 17.8. The van der Waals surface area contributed by atoms with Crippen molar-refractivity contribution in [2.24, 2.45) is 23.1 Å². The lowest BCUT2D eigenvalue weighted by atomic mass is 10.00. The van der Waals surface area contributed by atoms with E-state index in [4.69, 9.17) is 17.2 Å². The number of phenolic OH excluding ortho intramolecular Hbond substituents is 1. The number of benzene rings is 1. The summed E-state index contributed by atoms with van der Waals surface area (Å²) >= 11 is 0. The molecule has 38 heavy (non-hydrogen) atoms. The number of primary amides is 1. The molecule has 0 radical (unpaired) electrons. The average molecular weight is 537 g/mol. The molecule has 4 amide bonds. The minimum atomic E-state index is -1.30. The molecule has 0 heterocycles. The van der Waals surface area contributed by atoms with Gasteiger partial charge in [-0.25, -0.2) is 4.79 Å². The summed E-state index contributed by atoms with van der Waals surface area (Å²) in [5, 5.41) is 26.5. The van der Waals surface area contributed by atoms with Crippen molar-refractivity contribution in [3.05, 3.63) is 29.8 Å². The minimum absolute atomic E-state index is 0.0155. The van der Waals surface area contributed by atoms with Gasteiger partial charge in [0.05, 0.1) is 6.04 Å². The number of aromatic hydroxyl groups is 1. The van der Waals surface area contributed by atoms with Gasteiger partial charge in [-0.15, -0.1) is 0 Å². The van der Waals surface area contributed by atoms with Crippen LogP contribution < -0.4 is 33.2 Å². The predicted molar refractivity (Wildman–Crippen MR) is 139 cm³/mol. The Morgan fingerprint density at radius 1 is 0.868 bits per heavy atom. The molecule has 0 aliphatic heterocycles. The zero-order valence-electron chi connectivity index (χ0n) is 21.8. The number of amides is 4. The van der Waals surface area contributed by atoms with E-state index in [-0.39, 0.29) is 25.0 Å². The minimum Gasteiger partial charge on any atom is -0.508 e. The number of carbonyl (C=O) groups is 5. The van der Waals surface area contributed by atoms with Gasteiger partial charge in [-0.2, -0.15) is 0 Å². The predicted octanol–water partition coefficient (Wildman–Crippen LogP) is -1.15. The Bertz CT molecular complexity index is 954. The summed E-state index contributed by atoms with van der Waals surface area (Å²) in [5.41, 5.74) is 17.1. The molecular formula is C25H40N6O7. The quantitative estimate of drug-likeness (QED) is 0.112. The second-order valence-electron chi connectivity index (χ2n) is 9.46. The Balaban J connectivity index is 2.96. The molecule has 13 nitrogen and oxygen atoms in total. The molecule has 0 aromatic heterocycles. The molecule has 0 fully saturated rings. The van der Waals surface area contributed by atoms with Crippen LogP contribution in [-0.2, 0) is 30.4 Å². The molecule has 0 aliphatic rings. The van der Waals surface area contributed by atoms with Gasteiger partial charge in [0.2, 0.25) is 23.6 Å². The topological polar surface area (TPSA) is 240 Å². The van der Waals surface area contributed by atoms with E-state index in [1.165, 1.54) is 24.3 Å². The molecule has 1 aromatic rings. The summed E-state index contributed by atoms with van der Waals surface area (Å²) in [6, 6.07) is 1.33. The number of rotatable bonds is 17. The highest BCUT2D eigenvalue weighted by atomic mass is 16.4. The number of carboxylic acids is 1. The van der Waals surface area contributed by atoms with Crippen LogP contribution in [0.3, 0.4) is 0 Å². The van der Waals surface area contributed by atoms with E-state index in [0.717, 1.165) is 0 Å². The third-order valence-corrected chi connectivity index (χ3v) is 5.86. The van der Waals surface area contributed by atoms with E-state index < -0.39 is 59.7 Å². The molecule has 212 valence electrons. The van der Waals surface area contributed by atoms with Crippen molar-refractivity contribution in [3.8, 4) is 5.75 Å². The molecule has 0 bridgehead atoms. The second kappa shape index (κ2) is 16.2. The number of aliphatic carboxylic acids is 1. The van der Waals surface area contributed by atoms with Crippen LogP contribution in [0.2, 0.25) is 0 Å². The summed E-state index contributed by atoms with van der Waals surface area (Å²) < 4.78 is 0. The van der Waals surface area contributed by atoms with Crippen LogP contribution in [0.4, 0.5) is 0 Å². The van der Waals surface area contributed by atoms with E-state index in [2.05, 4.69) is 16.0 Å².